The Hall–Kier alpha value is -0.320. The van der Waals surface area contributed by atoms with Crippen molar-refractivity contribution in [2.45, 2.75) is 392 Å². The fourth-order valence-corrected chi connectivity index (χ4v) is 28.1. The number of nitrogens with one attached hydrogen (secondary N) is 4. The van der Waals surface area contributed by atoms with Crippen LogP contribution in [-0.4, -0.2) is 129 Å². The Bertz CT molecular complexity index is 2030. The summed E-state index contributed by atoms with van der Waals surface area (Å²) in [5, 5.41) is 19.0. The molecule has 0 radical (unpaired) electrons. The molecule has 460 valence electrons. The van der Waals surface area contributed by atoms with Crippen LogP contribution in [0.1, 0.15) is 289 Å². The number of hydrogen-bond acceptors (Lipinski definition) is 8. The van der Waals surface area contributed by atoms with Gasteiger partial charge in [0.15, 0.2) is 0 Å². The van der Waals surface area contributed by atoms with E-state index < -0.39 is 0 Å². The third kappa shape index (κ3) is 9.60. The van der Waals surface area contributed by atoms with Crippen LogP contribution in [0.15, 0.2) is 0 Å². The molecule has 6 saturated heterocycles. The van der Waals surface area contributed by atoms with Crippen molar-refractivity contribution in [3.63, 3.8) is 0 Å². The summed E-state index contributed by atoms with van der Waals surface area (Å²) in [6.07, 6.45) is 68.3. The molecule has 11 aliphatic carbocycles. The lowest BCUT2D eigenvalue weighted by Gasteiger charge is -2.65. The molecule has 0 spiro atoms. The minimum Gasteiger partial charge on any atom is -0.302 e. The van der Waals surface area contributed by atoms with E-state index in [0.717, 1.165) is 114 Å². The van der Waals surface area contributed by atoms with Crippen molar-refractivity contribution in [2.24, 2.45) is 65.1 Å². The lowest BCUT2D eigenvalue weighted by molar-refractivity contribution is -0.151. The molecule has 6 aliphatic heterocycles. The van der Waals surface area contributed by atoms with E-state index in [1.807, 2.05) is 0 Å². The van der Waals surface area contributed by atoms with Crippen molar-refractivity contribution in [1.82, 2.24) is 40.9 Å². The molecule has 0 bridgehead atoms. The maximum absolute atomic E-state index is 5.06. The van der Waals surface area contributed by atoms with Crippen molar-refractivity contribution in [3.8, 4) is 0 Å². The molecule has 0 amide bonds. The van der Waals surface area contributed by atoms with E-state index in [-0.39, 0.29) is 0 Å². The van der Waals surface area contributed by atoms with Gasteiger partial charge in [-0.3, -0.25) is 35.6 Å². The van der Waals surface area contributed by atoms with E-state index in [2.05, 4.69) is 30.2 Å². The number of fused-ring (bicyclic) bond motifs is 12. The molecule has 25 atom stereocenters. The molecular weight excluding hydrogens is 1000 g/mol. The summed E-state index contributed by atoms with van der Waals surface area (Å²) in [6.45, 7) is 1.22. The molecular formula is C74H124N8. The predicted molar refractivity (Wildman–Crippen MR) is 335 cm³/mol. The van der Waals surface area contributed by atoms with Crippen LogP contribution in [0.4, 0.5) is 0 Å². The van der Waals surface area contributed by atoms with E-state index in [1.54, 1.807) is 38.5 Å². The summed E-state index contributed by atoms with van der Waals surface area (Å²) < 4.78 is 0. The van der Waals surface area contributed by atoms with Gasteiger partial charge >= 0.3 is 0 Å². The van der Waals surface area contributed by atoms with Crippen molar-refractivity contribution in [3.05, 3.63) is 0 Å². The van der Waals surface area contributed by atoms with Crippen LogP contribution in [-0.2, 0) is 0 Å². The number of rotatable bonds is 8. The molecule has 6 heterocycles. The summed E-state index contributed by atoms with van der Waals surface area (Å²) in [7, 11) is 0. The average molecular weight is 1130 g/mol. The van der Waals surface area contributed by atoms with Crippen LogP contribution in [0.5, 0.6) is 0 Å². The zero-order valence-corrected chi connectivity index (χ0v) is 52.5. The van der Waals surface area contributed by atoms with Gasteiger partial charge in [-0.1, -0.05) is 148 Å². The van der Waals surface area contributed by atoms with Gasteiger partial charge < -0.3 is 5.32 Å². The third-order valence-corrected chi connectivity index (χ3v) is 30.7. The second-order valence-corrected chi connectivity index (χ2v) is 33.9. The van der Waals surface area contributed by atoms with E-state index in [4.69, 9.17) is 10.6 Å². The molecule has 0 aromatic carbocycles. The van der Waals surface area contributed by atoms with E-state index in [0.29, 0.717) is 54.5 Å². The maximum atomic E-state index is 5.06. The van der Waals surface area contributed by atoms with Crippen LogP contribution < -0.4 is 21.3 Å². The van der Waals surface area contributed by atoms with Gasteiger partial charge in [-0.2, -0.15) is 0 Å². The minimum atomic E-state index is 0.409. The smallest absolute Gasteiger partial charge is 0.0622 e. The Labute approximate surface area is 502 Å². The molecule has 82 heavy (non-hydrogen) atoms. The molecule has 0 aromatic heterocycles. The van der Waals surface area contributed by atoms with Crippen molar-refractivity contribution in [2.75, 3.05) is 6.54 Å². The fraction of sp³-hybridized carbons (Fsp3) is 1.00. The lowest BCUT2D eigenvalue weighted by atomic mass is 9.59. The number of hydrogen-bond donors (Lipinski definition) is 4. The predicted octanol–water partition coefficient (Wildman–Crippen LogP) is 14.3. The Morgan fingerprint density at radius 2 is 0.573 bits per heavy atom. The second-order valence-electron chi connectivity index (χ2n) is 33.9. The van der Waals surface area contributed by atoms with Crippen molar-refractivity contribution < 1.29 is 0 Å². The van der Waals surface area contributed by atoms with Crippen LogP contribution in [0.25, 0.3) is 0 Å². The Balaban J connectivity index is 0.863. The SMILES string of the molecule is C1CCC(C2CC(C3CCNC(C4C5C6CCCCC6N(C6CCCCC6)C5C(N5C6CCCCC6C6CCCCC65)C(N5C6CCCCC6C6CCCCC65)C4N4C5CCCCC5C5CCCCC54)N3)NC(C3CCCCC3)N2)CC1. The van der Waals surface area contributed by atoms with Gasteiger partial charge in [0, 0.05) is 96.5 Å². The van der Waals surface area contributed by atoms with E-state index in [9.17, 15) is 0 Å². The molecule has 0 aromatic rings. The van der Waals surface area contributed by atoms with Crippen LogP contribution >= 0.6 is 0 Å². The summed E-state index contributed by atoms with van der Waals surface area (Å²) in [5.74, 6) is 9.76. The summed E-state index contributed by atoms with van der Waals surface area (Å²) in [5.41, 5.74) is 0. The standard InChI is InChI=1S/C74H124N8/c1-4-24-47(25-5-1)58-46-59(78-73(77-58)48-26-6-2-7-27-48)57-44-45-75-74(76-57)68-67-56-36-16-23-43-66(56)79(49-28-8-3-9-29-49)69(67)71(81-62-39-19-12-32-52(62)53-33-13-20-40-63(53)81)72(82-64-41-21-14-34-54(64)55-35-15-22-42-65(55)82)70(68)80-60-37-17-10-30-50(60)51-31-11-18-38-61(51)80/h47-78H,1-46H2. The second kappa shape index (κ2) is 24.1. The number of likely N-dealkylation sites (tertiary alicyclic amines) is 4. The van der Waals surface area contributed by atoms with Crippen LogP contribution in [0.2, 0.25) is 0 Å². The highest BCUT2D eigenvalue weighted by Gasteiger charge is 2.72. The summed E-state index contributed by atoms with van der Waals surface area (Å²) in [6, 6.07) is 11.2. The topological polar surface area (TPSA) is 61.1 Å². The third-order valence-electron chi connectivity index (χ3n) is 30.7. The highest BCUT2D eigenvalue weighted by atomic mass is 15.4. The number of nitrogens with zero attached hydrogens (tertiary/aromatic N) is 4. The Morgan fingerprint density at radius 1 is 0.232 bits per heavy atom. The summed E-state index contributed by atoms with van der Waals surface area (Å²) in [4.78, 5) is 14.9. The minimum absolute atomic E-state index is 0.409. The van der Waals surface area contributed by atoms with Gasteiger partial charge in [-0.05, 0) is 207 Å². The van der Waals surface area contributed by atoms with Gasteiger partial charge in [0.05, 0.1) is 12.3 Å². The van der Waals surface area contributed by atoms with E-state index >= 15 is 0 Å². The molecule has 8 heteroatoms. The molecule has 8 nitrogen and oxygen atoms in total. The van der Waals surface area contributed by atoms with Crippen molar-refractivity contribution in [1.29, 1.82) is 0 Å². The first-order chi connectivity index (χ1) is 40.7. The zero-order valence-electron chi connectivity index (χ0n) is 52.5. The molecule has 25 unspecified atom stereocenters. The van der Waals surface area contributed by atoms with Gasteiger partial charge in [0.2, 0.25) is 0 Å². The highest BCUT2D eigenvalue weighted by Crippen LogP contribution is 2.64. The van der Waals surface area contributed by atoms with Gasteiger partial charge in [-0.15, -0.1) is 0 Å². The summed E-state index contributed by atoms with van der Waals surface area (Å²) >= 11 is 0. The Morgan fingerprint density at radius 3 is 1.04 bits per heavy atom. The van der Waals surface area contributed by atoms with Crippen LogP contribution in [0, 0.1) is 65.1 Å². The fourth-order valence-electron chi connectivity index (χ4n) is 28.1. The maximum Gasteiger partial charge on any atom is 0.0622 e. The average Bonchev–Trinajstić information content (AvgIpc) is 1.77. The van der Waals surface area contributed by atoms with E-state index in [1.165, 1.54) is 257 Å². The normalized spacial score (nSPS) is 52.2. The van der Waals surface area contributed by atoms with Gasteiger partial charge in [0.1, 0.15) is 0 Å². The highest BCUT2D eigenvalue weighted by molar-refractivity contribution is 5.27. The quantitative estimate of drug-likeness (QED) is 0.192. The lowest BCUT2D eigenvalue weighted by Crippen LogP contribution is -2.80. The van der Waals surface area contributed by atoms with Crippen molar-refractivity contribution >= 4 is 0 Å². The molecule has 4 N–H and O–H groups in total. The molecule has 17 rings (SSSR count). The first kappa shape index (κ1) is 55.7. The largest absolute Gasteiger partial charge is 0.302 e. The monoisotopic (exact) mass is 1120 g/mol. The first-order valence-electron chi connectivity index (χ1n) is 38.9. The van der Waals surface area contributed by atoms with Crippen LogP contribution in [0.3, 0.4) is 0 Å². The van der Waals surface area contributed by atoms with Gasteiger partial charge in [0.25, 0.3) is 0 Å². The molecule has 17 fully saturated rings. The molecule has 17 aliphatic rings. The Kier molecular flexibility index (Phi) is 16.4. The van der Waals surface area contributed by atoms with Gasteiger partial charge in [-0.25, -0.2) is 0 Å². The first-order valence-corrected chi connectivity index (χ1v) is 38.9. The molecule has 11 saturated carbocycles. The zero-order chi connectivity index (χ0) is 53.8.